The number of aromatic nitrogens is 2. The van der Waals surface area contributed by atoms with Crippen molar-refractivity contribution in [3.63, 3.8) is 0 Å². The minimum Gasteiger partial charge on any atom is -0.452 e. The van der Waals surface area contributed by atoms with Crippen molar-refractivity contribution >= 4 is 21.9 Å². The van der Waals surface area contributed by atoms with Gasteiger partial charge in [-0.15, -0.1) is 0 Å². The fourth-order valence-corrected chi connectivity index (χ4v) is 2.53. The normalized spacial score (nSPS) is 10.6. The Hall–Kier alpha value is -2.55. The van der Waals surface area contributed by atoms with E-state index >= 15 is 0 Å². The Labute approximate surface area is 124 Å². The molecule has 0 unspecified atom stereocenters. The number of hydrogen-bond donors (Lipinski definition) is 0. The van der Waals surface area contributed by atoms with E-state index in [1.54, 1.807) is 0 Å². The molecule has 0 atom stereocenters. The minimum absolute atomic E-state index is 0.930. The summed E-state index contributed by atoms with van der Waals surface area (Å²) in [5.74, 6) is 0. The number of furan rings is 1. The summed E-state index contributed by atoms with van der Waals surface area (Å²) in [6.07, 6.45) is 6.07. The molecule has 2 heterocycles. The van der Waals surface area contributed by atoms with Crippen LogP contribution < -0.4 is 4.57 Å². The van der Waals surface area contributed by atoms with Gasteiger partial charge in [-0.25, -0.2) is 4.57 Å². The standard InChI is InChI=1S/C16H13N2O.C2H6/c1-17-9-10-18(11-17)14-7-4-6-13-12-5-2-3-8-15(12)19-16(13)14;1-2/h2-11H,1H3;1-2H3/q+1;. The van der Waals surface area contributed by atoms with Crippen LogP contribution in [0.15, 0.2) is 65.6 Å². The number of hydrogen-bond acceptors (Lipinski definition) is 1. The molecule has 0 saturated heterocycles. The summed E-state index contributed by atoms with van der Waals surface area (Å²) < 4.78 is 10.1. The van der Waals surface area contributed by atoms with E-state index in [0.29, 0.717) is 0 Å². The second-order valence-electron chi connectivity index (χ2n) is 4.74. The first kappa shape index (κ1) is 13.4. The first-order valence-corrected chi connectivity index (χ1v) is 7.27. The van der Waals surface area contributed by atoms with E-state index in [2.05, 4.69) is 28.8 Å². The first-order chi connectivity index (χ1) is 10.3. The Bertz CT molecular complexity index is 886. The van der Waals surface area contributed by atoms with Gasteiger partial charge in [0, 0.05) is 10.8 Å². The number of rotatable bonds is 1. The number of nitrogens with zero attached hydrogens (tertiary/aromatic N) is 2. The molecule has 3 nitrogen and oxygen atoms in total. The van der Waals surface area contributed by atoms with E-state index in [1.165, 1.54) is 0 Å². The number of fused-ring (bicyclic) bond motifs is 3. The highest BCUT2D eigenvalue weighted by atomic mass is 16.3. The SMILES string of the molecule is CC.C[n+]1ccn(-c2cccc3c2oc2ccccc23)c1. The van der Waals surface area contributed by atoms with Crippen molar-refractivity contribution in [1.29, 1.82) is 0 Å². The third kappa shape index (κ3) is 2.21. The smallest absolute Gasteiger partial charge is 0.248 e. The number of benzene rings is 2. The number of para-hydroxylation sites is 2. The quantitative estimate of drug-likeness (QED) is 0.478. The molecule has 0 bridgehead atoms. The van der Waals surface area contributed by atoms with Crippen LogP contribution in [0.25, 0.3) is 27.6 Å². The molecule has 0 N–H and O–H groups in total. The fourth-order valence-electron chi connectivity index (χ4n) is 2.53. The highest BCUT2D eigenvalue weighted by Gasteiger charge is 2.14. The number of aryl methyl sites for hydroxylation is 1. The molecule has 0 saturated carbocycles. The van der Waals surface area contributed by atoms with E-state index < -0.39 is 0 Å². The van der Waals surface area contributed by atoms with Crippen LogP contribution in [0, 0.1) is 0 Å². The van der Waals surface area contributed by atoms with Crippen LogP contribution in [0.4, 0.5) is 0 Å². The summed E-state index contributed by atoms with van der Waals surface area (Å²) >= 11 is 0. The minimum atomic E-state index is 0.930. The van der Waals surface area contributed by atoms with Gasteiger partial charge in [-0.2, -0.15) is 4.57 Å². The van der Waals surface area contributed by atoms with Gasteiger partial charge < -0.3 is 4.42 Å². The lowest BCUT2D eigenvalue weighted by atomic mass is 10.1. The molecule has 2 aromatic heterocycles. The summed E-state index contributed by atoms with van der Waals surface area (Å²) in [6, 6.07) is 14.4. The maximum Gasteiger partial charge on any atom is 0.248 e. The zero-order valence-electron chi connectivity index (χ0n) is 12.6. The maximum atomic E-state index is 6.02. The Morgan fingerprint density at radius 3 is 2.48 bits per heavy atom. The van der Waals surface area contributed by atoms with Gasteiger partial charge in [0.2, 0.25) is 6.33 Å². The monoisotopic (exact) mass is 279 g/mol. The largest absolute Gasteiger partial charge is 0.452 e. The molecule has 0 aliphatic rings. The third-order valence-corrected chi connectivity index (χ3v) is 3.43. The third-order valence-electron chi connectivity index (χ3n) is 3.43. The van der Waals surface area contributed by atoms with Crippen molar-refractivity contribution < 1.29 is 8.98 Å². The molecule has 3 heteroatoms. The molecular weight excluding hydrogens is 260 g/mol. The van der Waals surface area contributed by atoms with Gasteiger partial charge in [-0.3, -0.25) is 0 Å². The molecule has 0 aliphatic carbocycles. The van der Waals surface area contributed by atoms with Crippen LogP contribution in [-0.2, 0) is 7.05 Å². The highest BCUT2D eigenvalue weighted by molar-refractivity contribution is 6.07. The zero-order chi connectivity index (χ0) is 14.8. The van der Waals surface area contributed by atoms with Crippen LogP contribution in [-0.4, -0.2) is 4.57 Å². The van der Waals surface area contributed by atoms with Crippen LogP contribution in [0.2, 0.25) is 0 Å². The summed E-state index contributed by atoms with van der Waals surface area (Å²) in [4.78, 5) is 0. The van der Waals surface area contributed by atoms with E-state index in [4.69, 9.17) is 4.42 Å². The average Bonchev–Trinajstić information content (AvgIpc) is 3.12. The Morgan fingerprint density at radius 1 is 0.952 bits per heavy atom. The lowest BCUT2D eigenvalue weighted by molar-refractivity contribution is -0.670. The van der Waals surface area contributed by atoms with Crippen molar-refractivity contribution in [2.45, 2.75) is 13.8 Å². The zero-order valence-corrected chi connectivity index (χ0v) is 12.6. The van der Waals surface area contributed by atoms with E-state index in [-0.39, 0.29) is 0 Å². The van der Waals surface area contributed by atoms with E-state index in [1.807, 2.05) is 62.4 Å². The molecule has 4 rings (SSSR count). The van der Waals surface area contributed by atoms with E-state index in [0.717, 1.165) is 27.6 Å². The molecule has 0 radical (unpaired) electrons. The summed E-state index contributed by atoms with van der Waals surface area (Å²) in [6.45, 7) is 4.00. The molecule has 21 heavy (non-hydrogen) atoms. The van der Waals surface area contributed by atoms with Crippen LogP contribution in [0.1, 0.15) is 13.8 Å². The molecule has 106 valence electrons. The second-order valence-corrected chi connectivity index (χ2v) is 4.74. The van der Waals surface area contributed by atoms with Gasteiger partial charge in [0.1, 0.15) is 18.0 Å². The van der Waals surface area contributed by atoms with Crippen molar-refractivity contribution in [3.05, 3.63) is 61.2 Å². The molecular formula is C18H19N2O+. The fraction of sp³-hybridized carbons (Fsp3) is 0.167. The molecule has 4 aromatic rings. The van der Waals surface area contributed by atoms with Gasteiger partial charge in [-0.1, -0.05) is 44.2 Å². The topological polar surface area (TPSA) is 21.9 Å². The predicted molar refractivity (Wildman–Crippen MR) is 85.6 cm³/mol. The Kier molecular flexibility index (Phi) is 3.48. The highest BCUT2D eigenvalue weighted by Crippen LogP contribution is 2.32. The lowest BCUT2D eigenvalue weighted by Gasteiger charge is -1.96. The lowest BCUT2D eigenvalue weighted by Crippen LogP contribution is -2.23. The molecule has 0 amide bonds. The van der Waals surface area contributed by atoms with Gasteiger partial charge in [0.15, 0.2) is 11.3 Å². The van der Waals surface area contributed by atoms with Gasteiger partial charge in [-0.05, 0) is 12.1 Å². The van der Waals surface area contributed by atoms with E-state index in [9.17, 15) is 0 Å². The van der Waals surface area contributed by atoms with Crippen molar-refractivity contribution in [2.75, 3.05) is 0 Å². The summed E-state index contributed by atoms with van der Waals surface area (Å²) in [5, 5.41) is 2.32. The van der Waals surface area contributed by atoms with Gasteiger partial charge in [0.05, 0.1) is 7.05 Å². The Morgan fingerprint density at radius 2 is 1.71 bits per heavy atom. The number of imidazole rings is 1. The molecule has 0 spiro atoms. The van der Waals surface area contributed by atoms with Gasteiger partial charge >= 0.3 is 0 Å². The second kappa shape index (κ2) is 5.44. The van der Waals surface area contributed by atoms with Crippen LogP contribution >= 0.6 is 0 Å². The van der Waals surface area contributed by atoms with Crippen molar-refractivity contribution in [2.24, 2.45) is 7.05 Å². The summed E-state index contributed by atoms with van der Waals surface area (Å²) in [5.41, 5.74) is 2.93. The first-order valence-electron chi connectivity index (χ1n) is 7.27. The van der Waals surface area contributed by atoms with Gasteiger partial charge in [0.25, 0.3) is 0 Å². The molecule has 2 aromatic carbocycles. The predicted octanol–water partition coefficient (Wildman–Crippen LogP) is 4.23. The Balaban J connectivity index is 0.000000636. The average molecular weight is 279 g/mol. The summed E-state index contributed by atoms with van der Waals surface area (Å²) in [7, 11) is 2.01. The van der Waals surface area contributed by atoms with Crippen molar-refractivity contribution in [1.82, 2.24) is 4.57 Å². The molecule has 0 aliphatic heterocycles. The van der Waals surface area contributed by atoms with Crippen LogP contribution in [0.5, 0.6) is 0 Å². The van der Waals surface area contributed by atoms with Crippen LogP contribution in [0.3, 0.4) is 0 Å². The maximum absolute atomic E-state index is 6.02. The van der Waals surface area contributed by atoms with Crippen molar-refractivity contribution in [3.8, 4) is 5.69 Å². The molecule has 0 fully saturated rings.